The number of amides is 1. The smallest absolute Gasteiger partial charge is 0.251 e. The van der Waals surface area contributed by atoms with E-state index in [9.17, 15) is 13.6 Å². The van der Waals surface area contributed by atoms with Crippen LogP contribution in [0.1, 0.15) is 36.0 Å². The molecule has 18 heavy (non-hydrogen) atoms. The second kappa shape index (κ2) is 5.34. The predicted molar refractivity (Wildman–Crippen MR) is 68.8 cm³/mol. The van der Waals surface area contributed by atoms with Gasteiger partial charge >= 0.3 is 0 Å². The van der Waals surface area contributed by atoms with E-state index in [-0.39, 0.29) is 24.8 Å². The zero-order valence-corrected chi connectivity index (χ0v) is 11.3. The van der Waals surface area contributed by atoms with E-state index < -0.39 is 5.92 Å². The Labute approximate surface area is 113 Å². The third-order valence-corrected chi connectivity index (χ3v) is 3.63. The maximum atomic E-state index is 13.0. The summed E-state index contributed by atoms with van der Waals surface area (Å²) in [6.45, 7) is 0. The number of hydrogen-bond donors (Lipinski definition) is 1. The van der Waals surface area contributed by atoms with Crippen molar-refractivity contribution < 1.29 is 13.6 Å². The van der Waals surface area contributed by atoms with E-state index >= 15 is 0 Å². The zero-order chi connectivity index (χ0) is 13.2. The summed E-state index contributed by atoms with van der Waals surface area (Å²) in [5.41, 5.74) is 0.543. The third kappa shape index (κ3) is 3.51. The van der Waals surface area contributed by atoms with Crippen LogP contribution in [0.2, 0.25) is 0 Å². The Morgan fingerprint density at radius 2 is 2.00 bits per heavy atom. The number of carbonyl (C=O) groups is 1. The Balaban J connectivity index is 1.93. The fourth-order valence-electron chi connectivity index (χ4n) is 2.08. The van der Waals surface area contributed by atoms with Crippen molar-refractivity contribution in [3.05, 3.63) is 34.3 Å². The summed E-state index contributed by atoms with van der Waals surface area (Å²) in [6, 6.07) is 6.88. The standard InChI is InChI=1S/C13H14BrF2NO/c14-10-3-1-2-9(8-10)12(18)17-11-4-6-13(15,16)7-5-11/h1-3,8,11H,4-7H2,(H,17,18). The van der Waals surface area contributed by atoms with Crippen LogP contribution < -0.4 is 5.32 Å². The number of alkyl halides is 2. The van der Waals surface area contributed by atoms with E-state index in [0.717, 1.165) is 4.47 Å². The summed E-state index contributed by atoms with van der Waals surface area (Å²) in [5.74, 6) is -2.76. The summed E-state index contributed by atoms with van der Waals surface area (Å²) < 4.78 is 26.8. The molecule has 0 aromatic heterocycles. The van der Waals surface area contributed by atoms with Gasteiger partial charge in [-0.3, -0.25) is 4.79 Å². The molecule has 2 nitrogen and oxygen atoms in total. The largest absolute Gasteiger partial charge is 0.349 e. The summed E-state index contributed by atoms with van der Waals surface area (Å²) in [6.07, 6.45) is 0.395. The molecule has 1 aromatic rings. The number of halogens is 3. The van der Waals surface area contributed by atoms with Gasteiger partial charge in [0.15, 0.2) is 0 Å². The van der Waals surface area contributed by atoms with Crippen LogP contribution in [0.5, 0.6) is 0 Å². The highest BCUT2D eigenvalue weighted by atomic mass is 79.9. The fraction of sp³-hybridized carbons (Fsp3) is 0.462. The van der Waals surface area contributed by atoms with Gasteiger partial charge in [-0.1, -0.05) is 22.0 Å². The maximum absolute atomic E-state index is 13.0. The molecule has 0 atom stereocenters. The Morgan fingerprint density at radius 3 is 2.61 bits per heavy atom. The molecule has 0 saturated heterocycles. The average molecular weight is 318 g/mol. The van der Waals surface area contributed by atoms with Gasteiger partial charge in [-0.2, -0.15) is 0 Å². The number of hydrogen-bond acceptors (Lipinski definition) is 1. The van der Waals surface area contributed by atoms with Crippen molar-refractivity contribution in [2.75, 3.05) is 0 Å². The zero-order valence-electron chi connectivity index (χ0n) is 9.76. The van der Waals surface area contributed by atoms with Gasteiger partial charge in [-0.05, 0) is 31.0 Å². The maximum Gasteiger partial charge on any atom is 0.251 e. The van der Waals surface area contributed by atoms with E-state index in [2.05, 4.69) is 21.2 Å². The molecule has 0 unspecified atom stereocenters. The summed E-state index contributed by atoms with van der Waals surface area (Å²) >= 11 is 3.29. The van der Waals surface area contributed by atoms with Crippen molar-refractivity contribution in [3.8, 4) is 0 Å². The number of benzene rings is 1. The molecular weight excluding hydrogens is 304 g/mol. The first-order valence-corrected chi connectivity index (χ1v) is 6.70. The molecule has 0 radical (unpaired) electrons. The van der Waals surface area contributed by atoms with Crippen molar-refractivity contribution in [2.24, 2.45) is 0 Å². The molecule has 2 rings (SSSR count). The minimum absolute atomic E-state index is 0.142. The average Bonchev–Trinajstić information content (AvgIpc) is 2.32. The van der Waals surface area contributed by atoms with E-state index in [0.29, 0.717) is 18.4 Å². The van der Waals surface area contributed by atoms with Crippen LogP contribution in [-0.2, 0) is 0 Å². The molecule has 98 valence electrons. The van der Waals surface area contributed by atoms with Gasteiger partial charge in [0, 0.05) is 28.9 Å². The molecule has 0 spiro atoms. The first-order chi connectivity index (χ1) is 8.46. The molecule has 1 amide bonds. The van der Waals surface area contributed by atoms with Crippen LogP contribution in [0.4, 0.5) is 8.78 Å². The van der Waals surface area contributed by atoms with Gasteiger partial charge < -0.3 is 5.32 Å². The Kier molecular flexibility index (Phi) is 4.00. The minimum Gasteiger partial charge on any atom is -0.349 e. The van der Waals surface area contributed by atoms with E-state index in [4.69, 9.17) is 0 Å². The Morgan fingerprint density at radius 1 is 1.33 bits per heavy atom. The normalized spacial score (nSPS) is 19.5. The first kappa shape index (κ1) is 13.5. The Bertz CT molecular complexity index is 440. The molecule has 0 aliphatic heterocycles. The second-order valence-electron chi connectivity index (χ2n) is 4.61. The lowest BCUT2D eigenvalue weighted by Crippen LogP contribution is -2.40. The fourth-order valence-corrected chi connectivity index (χ4v) is 2.48. The predicted octanol–water partition coefficient (Wildman–Crippen LogP) is 3.76. The Hall–Kier alpha value is -0.970. The van der Waals surface area contributed by atoms with Gasteiger partial charge in [0.2, 0.25) is 5.92 Å². The summed E-state index contributed by atoms with van der Waals surface area (Å²) in [5, 5.41) is 2.81. The molecule has 1 aromatic carbocycles. The van der Waals surface area contributed by atoms with Gasteiger partial charge in [-0.25, -0.2) is 8.78 Å². The molecule has 1 aliphatic carbocycles. The lowest BCUT2D eigenvalue weighted by molar-refractivity contribution is -0.0399. The van der Waals surface area contributed by atoms with Crippen molar-refractivity contribution >= 4 is 21.8 Å². The lowest BCUT2D eigenvalue weighted by atomic mass is 9.92. The van der Waals surface area contributed by atoms with Gasteiger partial charge in [0.05, 0.1) is 0 Å². The van der Waals surface area contributed by atoms with Crippen LogP contribution in [0.15, 0.2) is 28.7 Å². The highest BCUT2D eigenvalue weighted by Gasteiger charge is 2.35. The lowest BCUT2D eigenvalue weighted by Gasteiger charge is -2.28. The topological polar surface area (TPSA) is 29.1 Å². The highest BCUT2D eigenvalue weighted by Crippen LogP contribution is 2.33. The van der Waals surface area contributed by atoms with E-state index in [1.54, 1.807) is 18.2 Å². The van der Waals surface area contributed by atoms with Crippen LogP contribution >= 0.6 is 15.9 Å². The molecule has 0 bridgehead atoms. The minimum atomic E-state index is -2.56. The molecule has 1 N–H and O–H groups in total. The van der Waals surface area contributed by atoms with Crippen molar-refractivity contribution in [2.45, 2.75) is 37.6 Å². The van der Waals surface area contributed by atoms with Gasteiger partial charge in [0.1, 0.15) is 0 Å². The number of carbonyl (C=O) groups excluding carboxylic acids is 1. The van der Waals surface area contributed by atoms with E-state index in [1.807, 2.05) is 6.07 Å². The monoisotopic (exact) mass is 317 g/mol. The second-order valence-corrected chi connectivity index (χ2v) is 5.53. The molecular formula is C13H14BrF2NO. The van der Waals surface area contributed by atoms with Crippen molar-refractivity contribution in [3.63, 3.8) is 0 Å². The third-order valence-electron chi connectivity index (χ3n) is 3.14. The molecule has 1 fully saturated rings. The summed E-state index contributed by atoms with van der Waals surface area (Å²) in [4.78, 5) is 11.9. The van der Waals surface area contributed by atoms with E-state index in [1.165, 1.54) is 0 Å². The quantitative estimate of drug-likeness (QED) is 0.884. The molecule has 1 saturated carbocycles. The molecule has 5 heteroatoms. The molecule has 1 aliphatic rings. The van der Waals surface area contributed by atoms with Crippen LogP contribution in [0, 0.1) is 0 Å². The van der Waals surface area contributed by atoms with Crippen LogP contribution in [0.25, 0.3) is 0 Å². The van der Waals surface area contributed by atoms with Crippen molar-refractivity contribution in [1.29, 1.82) is 0 Å². The van der Waals surface area contributed by atoms with Gasteiger partial charge in [0.25, 0.3) is 5.91 Å². The van der Waals surface area contributed by atoms with Crippen molar-refractivity contribution in [1.82, 2.24) is 5.32 Å². The van der Waals surface area contributed by atoms with Gasteiger partial charge in [-0.15, -0.1) is 0 Å². The van der Waals surface area contributed by atoms with Crippen LogP contribution in [0.3, 0.4) is 0 Å². The number of nitrogens with one attached hydrogen (secondary N) is 1. The first-order valence-electron chi connectivity index (χ1n) is 5.90. The van der Waals surface area contributed by atoms with Crippen LogP contribution in [-0.4, -0.2) is 17.9 Å². The number of rotatable bonds is 2. The SMILES string of the molecule is O=C(NC1CCC(F)(F)CC1)c1cccc(Br)c1. The summed E-state index contributed by atoms with van der Waals surface area (Å²) in [7, 11) is 0. The molecule has 0 heterocycles. The highest BCUT2D eigenvalue weighted by molar-refractivity contribution is 9.10.